The second-order valence-corrected chi connectivity index (χ2v) is 5.49. The standard InChI is InChI=1S/C16H27NO2/c1-5-19-16-10-14(8-9-15(16)18)11-17-13(4)7-6-12(2)3/h8-10,12-13,17-18H,5-7,11H2,1-4H3. The normalized spacial score (nSPS) is 12.7. The first-order valence-corrected chi connectivity index (χ1v) is 7.21. The zero-order valence-electron chi connectivity index (χ0n) is 12.6. The molecule has 3 nitrogen and oxygen atoms in total. The molecule has 2 N–H and O–H groups in total. The lowest BCUT2D eigenvalue weighted by Crippen LogP contribution is -2.25. The van der Waals surface area contributed by atoms with Crippen LogP contribution in [0.25, 0.3) is 0 Å². The van der Waals surface area contributed by atoms with Crippen LogP contribution in [0.1, 0.15) is 46.1 Å². The fourth-order valence-electron chi connectivity index (χ4n) is 1.92. The van der Waals surface area contributed by atoms with E-state index in [1.165, 1.54) is 12.8 Å². The molecule has 1 rings (SSSR count). The van der Waals surface area contributed by atoms with Crippen molar-refractivity contribution in [2.45, 2.75) is 53.1 Å². The van der Waals surface area contributed by atoms with Gasteiger partial charge in [-0.3, -0.25) is 0 Å². The molecule has 0 aromatic heterocycles. The number of hydrogen-bond acceptors (Lipinski definition) is 3. The maximum absolute atomic E-state index is 9.64. The first kappa shape index (κ1) is 15.8. The maximum Gasteiger partial charge on any atom is 0.161 e. The molecule has 0 spiro atoms. The lowest BCUT2D eigenvalue weighted by Gasteiger charge is -2.15. The van der Waals surface area contributed by atoms with Crippen molar-refractivity contribution in [2.75, 3.05) is 6.61 Å². The van der Waals surface area contributed by atoms with E-state index in [-0.39, 0.29) is 5.75 Å². The summed E-state index contributed by atoms with van der Waals surface area (Å²) in [5, 5.41) is 13.1. The van der Waals surface area contributed by atoms with Crippen LogP contribution in [-0.4, -0.2) is 17.8 Å². The monoisotopic (exact) mass is 265 g/mol. The van der Waals surface area contributed by atoms with Crippen molar-refractivity contribution in [2.24, 2.45) is 5.92 Å². The molecule has 0 heterocycles. The molecule has 0 aliphatic rings. The number of hydrogen-bond donors (Lipinski definition) is 2. The quantitative estimate of drug-likeness (QED) is 0.753. The highest BCUT2D eigenvalue weighted by molar-refractivity contribution is 5.41. The molecule has 1 aromatic rings. The van der Waals surface area contributed by atoms with Crippen LogP contribution in [0, 0.1) is 5.92 Å². The van der Waals surface area contributed by atoms with Gasteiger partial charge in [0.15, 0.2) is 11.5 Å². The Morgan fingerprint density at radius 3 is 2.58 bits per heavy atom. The van der Waals surface area contributed by atoms with E-state index in [1.807, 2.05) is 19.1 Å². The van der Waals surface area contributed by atoms with Gasteiger partial charge in [0.25, 0.3) is 0 Å². The second kappa shape index (κ2) is 8.05. The third-order valence-electron chi connectivity index (χ3n) is 3.16. The summed E-state index contributed by atoms with van der Waals surface area (Å²) in [6.45, 7) is 10.0. The molecule has 108 valence electrons. The summed E-state index contributed by atoms with van der Waals surface area (Å²) in [7, 11) is 0. The SMILES string of the molecule is CCOc1cc(CNC(C)CCC(C)C)ccc1O. The summed E-state index contributed by atoms with van der Waals surface area (Å²) < 4.78 is 5.39. The van der Waals surface area contributed by atoms with E-state index >= 15 is 0 Å². The summed E-state index contributed by atoms with van der Waals surface area (Å²) in [6.07, 6.45) is 2.43. The largest absolute Gasteiger partial charge is 0.504 e. The van der Waals surface area contributed by atoms with E-state index < -0.39 is 0 Å². The number of nitrogens with one attached hydrogen (secondary N) is 1. The smallest absolute Gasteiger partial charge is 0.161 e. The van der Waals surface area contributed by atoms with E-state index in [4.69, 9.17) is 4.74 Å². The van der Waals surface area contributed by atoms with Crippen molar-refractivity contribution in [1.82, 2.24) is 5.32 Å². The minimum absolute atomic E-state index is 0.207. The molecule has 0 radical (unpaired) electrons. The molecule has 0 saturated carbocycles. The molecule has 0 fully saturated rings. The Hall–Kier alpha value is -1.22. The first-order chi connectivity index (χ1) is 9.02. The molecule has 0 aliphatic carbocycles. The summed E-state index contributed by atoms with van der Waals surface area (Å²) in [6, 6.07) is 6.04. The Kier molecular flexibility index (Phi) is 6.71. The predicted molar refractivity (Wildman–Crippen MR) is 79.6 cm³/mol. The van der Waals surface area contributed by atoms with Crippen LogP contribution in [0.5, 0.6) is 11.5 Å². The van der Waals surface area contributed by atoms with Crippen molar-refractivity contribution in [1.29, 1.82) is 0 Å². The van der Waals surface area contributed by atoms with Gasteiger partial charge in [-0.05, 0) is 50.3 Å². The van der Waals surface area contributed by atoms with Gasteiger partial charge in [-0.15, -0.1) is 0 Å². The van der Waals surface area contributed by atoms with Crippen molar-refractivity contribution >= 4 is 0 Å². The molecule has 0 aliphatic heterocycles. The van der Waals surface area contributed by atoms with Crippen LogP contribution < -0.4 is 10.1 Å². The van der Waals surface area contributed by atoms with Crippen LogP contribution in [-0.2, 0) is 6.54 Å². The summed E-state index contributed by atoms with van der Waals surface area (Å²) >= 11 is 0. The van der Waals surface area contributed by atoms with Gasteiger partial charge < -0.3 is 15.2 Å². The van der Waals surface area contributed by atoms with Crippen LogP contribution in [0.15, 0.2) is 18.2 Å². The van der Waals surface area contributed by atoms with E-state index in [1.54, 1.807) is 6.07 Å². The van der Waals surface area contributed by atoms with Gasteiger partial charge in [0.05, 0.1) is 6.61 Å². The Balaban J connectivity index is 2.46. The Morgan fingerprint density at radius 1 is 1.21 bits per heavy atom. The summed E-state index contributed by atoms with van der Waals surface area (Å²) in [5.74, 6) is 1.53. The van der Waals surface area contributed by atoms with Crippen molar-refractivity contribution in [3.8, 4) is 11.5 Å². The zero-order valence-corrected chi connectivity index (χ0v) is 12.6. The highest BCUT2D eigenvalue weighted by Gasteiger charge is 2.06. The van der Waals surface area contributed by atoms with Crippen molar-refractivity contribution in [3.63, 3.8) is 0 Å². The number of rotatable bonds is 8. The van der Waals surface area contributed by atoms with Crippen LogP contribution in [0.4, 0.5) is 0 Å². The molecule has 1 aromatic carbocycles. The Morgan fingerprint density at radius 2 is 1.95 bits per heavy atom. The Labute approximate surface area is 117 Å². The van der Waals surface area contributed by atoms with E-state index in [0.717, 1.165) is 18.0 Å². The van der Waals surface area contributed by atoms with Crippen LogP contribution >= 0.6 is 0 Å². The highest BCUT2D eigenvalue weighted by atomic mass is 16.5. The molecular formula is C16H27NO2. The molecule has 1 atom stereocenters. The fraction of sp³-hybridized carbons (Fsp3) is 0.625. The van der Waals surface area contributed by atoms with Gasteiger partial charge in [-0.25, -0.2) is 0 Å². The van der Waals surface area contributed by atoms with E-state index in [0.29, 0.717) is 18.4 Å². The number of phenols is 1. The summed E-state index contributed by atoms with van der Waals surface area (Å²) in [5.41, 5.74) is 1.14. The molecule has 0 bridgehead atoms. The first-order valence-electron chi connectivity index (χ1n) is 7.21. The van der Waals surface area contributed by atoms with Gasteiger partial charge in [0, 0.05) is 12.6 Å². The average molecular weight is 265 g/mol. The minimum atomic E-state index is 0.207. The van der Waals surface area contributed by atoms with Crippen LogP contribution in [0.3, 0.4) is 0 Å². The number of phenolic OH excluding ortho intramolecular Hbond substituents is 1. The third kappa shape index (κ3) is 5.97. The third-order valence-corrected chi connectivity index (χ3v) is 3.16. The second-order valence-electron chi connectivity index (χ2n) is 5.49. The molecular weight excluding hydrogens is 238 g/mol. The Bertz CT molecular complexity index is 377. The van der Waals surface area contributed by atoms with Gasteiger partial charge in [-0.1, -0.05) is 19.9 Å². The van der Waals surface area contributed by atoms with Gasteiger partial charge in [-0.2, -0.15) is 0 Å². The molecule has 3 heteroatoms. The molecule has 1 unspecified atom stereocenters. The predicted octanol–water partition coefficient (Wildman–Crippen LogP) is 3.71. The van der Waals surface area contributed by atoms with Crippen molar-refractivity contribution in [3.05, 3.63) is 23.8 Å². The van der Waals surface area contributed by atoms with Gasteiger partial charge >= 0.3 is 0 Å². The van der Waals surface area contributed by atoms with Crippen molar-refractivity contribution < 1.29 is 9.84 Å². The number of benzene rings is 1. The van der Waals surface area contributed by atoms with Gasteiger partial charge in [0.1, 0.15) is 0 Å². The lowest BCUT2D eigenvalue weighted by molar-refractivity contribution is 0.317. The van der Waals surface area contributed by atoms with Crippen LogP contribution in [0.2, 0.25) is 0 Å². The van der Waals surface area contributed by atoms with E-state index in [2.05, 4.69) is 26.1 Å². The fourth-order valence-corrected chi connectivity index (χ4v) is 1.92. The van der Waals surface area contributed by atoms with Gasteiger partial charge in [0.2, 0.25) is 0 Å². The lowest BCUT2D eigenvalue weighted by atomic mass is 10.0. The summed E-state index contributed by atoms with van der Waals surface area (Å²) in [4.78, 5) is 0. The zero-order chi connectivity index (χ0) is 14.3. The minimum Gasteiger partial charge on any atom is -0.504 e. The molecule has 0 amide bonds. The maximum atomic E-state index is 9.64. The topological polar surface area (TPSA) is 41.5 Å². The number of aromatic hydroxyl groups is 1. The molecule has 0 saturated heterocycles. The highest BCUT2D eigenvalue weighted by Crippen LogP contribution is 2.26. The molecule has 19 heavy (non-hydrogen) atoms. The van der Waals surface area contributed by atoms with E-state index in [9.17, 15) is 5.11 Å². The average Bonchev–Trinajstić information content (AvgIpc) is 2.37. The number of ether oxygens (including phenoxy) is 1.